The van der Waals surface area contributed by atoms with Gasteiger partial charge >= 0.3 is 0 Å². The molecule has 86 valence electrons. The van der Waals surface area contributed by atoms with Gasteiger partial charge in [0.15, 0.2) is 16.6 Å². The lowest BCUT2D eigenvalue weighted by molar-refractivity contribution is 0.579. The summed E-state index contributed by atoms with van der Waals surface area (Å²) in [6.45, 7) is 0.402. The standard InChI is InChI=1S/C11H9ClN4O/c12-9-5-4-8(17-9)11-14-10-3-1-2-7(6-13)16(10)15-11/h1-5H,6,13H2. The summed E-state index contributed by atoms with van der Waals surface area (Å²) in [4.78, 5) is 4.35. The van der Waals surface area contributed by atoms with Crippen molar-refractivity contribution in [3.63, 3.8) is 0 Å². The maximum absolute atomic E-state index is 5.72. The number of halogens is 1. The van der Waals surface area contributed by atoms with Crippen molar-refractivity contribution < 1.29 is 4.42 Å². The minimum atomic E-state index is 0.318. The van der Waals surface area contributed by atoms with E-state index >= 15 is 0 Å². The number of aromatic nitrogens is 3. The van der Waals surface area contributed by atoms with Crippen LogP contribution in [-0.4, -0.2) is 14.6 Å². The van der Waals surface area contributed by atoms with E-state index in [9.17, 15) is 0 Å². The third kappa shape index (κ3) is 1.69. The molecule has 0 aliphatic rings. The van der Waals surface area contributed by atoms with Gasteiger partial charge in [-0.25, -0.2) is 9.50 Å². The fraction of sp³-hybridized carbons (Fsp3) is 0.0909. The van der Waals surface area contributed by atoms with Crippen LogP contribution < -0.4 is 5.73 Å². The highest BCUT2D eigenvalue weighted by Crippen LogP contribution is 2.22. The van der Waals surface area contributed by atoms with Crippen molar-refractivity contribution in [2.45, 2.75) is 6.54 Å². The number of nitrogens with zero attached hydrogens (tertiary/aromatic N) is 3. The summed E-state index contributed by atoms with van der Waals surface area (Å²) in [6.07, 6.45) is 0. The fourth-order valence-electron chi connectivity index (χ4n) is 1.65. The lowest BCUT2D eigenvalue weighted by atomic mass is 10.3. The number of furan rings is 1. The molecule has 0 unspecified atom stereocenters. The summed E-state index contributed by atoms with van der Waals surface area (Å²) in [5, 5.41) is 4.66. The maximum Gasteiger partial charge on any atom is 0.217 e. The fourth-order valence-corrected chi connectivity index (χ4v) is 1.80. The average Bonchev–Trinajstić information content (AvgIpc) is 2.93. The van der Waals surface area contributed by atoms with Crippen molar-refractivity contribution in [2.24, 2.45) is 5.73 Å². The molecule has 0 atom stereocenters. The molecule has 0 fully saturated rings. The molecule has 0 spiro atoms. The van der Waals surface area contributed by atoms with E-state index in [0.29, 0.717) is 23.3 Å². The van der Waals surface area contributed by atoms with Crippen molar-refractivity contribution in [1.82, 2.24) is 14.6 Å². The number of fused-ring (bicyclic) bond motifs is 1. The van der Waals surface area contributed by atoms with Gasteiger partial charge in [0.1, 0.15) is 0 Å². The summed E-state index contributed by atoms with van der Waals surface area (Å²) in [6, 6.07) is 9.05. The first-order valence-corrected chi connectivity index (χ1v) is 5.46. The Balaban J connectivity index is 2.19. The van der Waals surface area contributed by atoms with E-state index < -0.39 is 0 Å². The zero-order chi connectivity index (χ0) is 11.8. The average molecular weight is 249 g/mol. The summed E-state index contributed by atoms with van der Waals surface area (Å²) >= 11 is 5.72. The molecular weight excluding hydrogens is 240 g/mol. The number of rotatable bonds is 2. The van der Waals surface area contributed by atoms with Crippen LogP contribution in [0.4, 0.5) is 0 Å². The first-order valence-electron chi connectivity index (χ1n) is 5.08. The predicted molar refractivity (Wildman–Crippen MR) is 63.6 cm³/mol. The van der Waals surface area contributed by atoms with Gasteiger partial charge in [0.25, 0.3) is 0 Å². The zero-order valence-corrected chi connectivity index (χ0v) is 9.55. The Kier molecular flexibility index (Phi) is 2.35. The van der Waals surface area contributed by atoms with Gasteiger partial charge in [-0.15, -0.1) is 5.10 Å². The van der Waals surface area contributed by atoms with Crippen LogP contribution in [0.3, 0.4) is 0 Å². The van der Waals surface area contributed by atoms with E-state index in [4.69, 9.17) is 21.8 Å². The van der Waals surface area contributed by atoms with E-state index in [0.717, 1.165) is 11.3 Å². The molecule has 0 amide bonds. The van der Waals surface area contributed by atoms with Crippen molar-refractivity contribution in [2.75, 3.05) is 0 Å². The van der Waals surface area contributed by atoms with E-state index in [2.05, 4.69) is 10.1 Å². The molecule has 0 aromatic carbocycles. The molecule has 5 nitrogen and oxygen atoms in total. The number of hydrogen-bond donors (Lipinski definition) is 1. The molecule has 3 aromatic heterocycles. The minimum absolute atomic E-state index is 0.318. The van der Waals surface area contributed by atoms with Crippen LogP contribution in [-0.2, 0) is 6.54 Å². The van der Waals surface area contributed by atoms with Crippen LogP contribution in [0.2, 0.25) is 5.22 Å². The van der Waals surface area contributed by atoms with Gasteiger partial charge in [0, 0.05) is 6.54 Å². The van der Waals surface area contributed by atoms with Gasteiger partial charge in [-0.2, -0.15) is 0 Å². The van der Waals surface area contributed by atoms with Crippen molar-refractivity contribution >= 4 is 17.2 Å². The molecule has 3 aromatic rings. The highest BCUT2D eigenvalue weighted by molar-refractivity contribution is 6.28. The largest absolute Gasteiger partial charge is 0.441 e. The van der Waals surface area contributed by atoms with Crippen molar-refractivity contribution in [3.05, 3.63) is 41.2 Å². The summed E-state index contributed by atoms with van der Waals surface area (Å²) < 4.78 is 6.97. The van der Waals surface area contributed by atoms with Crippen molar-refractivity contribution in [1.29, 1.82) is 0 Å². The third-order valence-corrected chi connectivity index (χ3v) is 2.64. The smallest absolute Gasteiger partial charge is 0.217 e. The van der Waals surface area contributed by atoms with E-state index in [1.54, 1.807) is 16.6 Å². The Morgan fingerprint density at radius 1 is 1.29 bits per heavy atom. The number of hydrogen-bond acceptors (Lipinski definition) is 4. The SMILES string of the molecule is NCc1cccc2nc(-c3ccc(Cl)o3)nn12. The van der Waals surface area contributed by atoms with Gasteiger partial charge in [-0.05, 0) is 35.9 Å². The van der Waals surface area contributed by atoms with Gasteiger partial charge in [-0.3, -0.25) is 0 Å². The van der Waals surface area contributed by atoms with Gasteiger partial charge < -0.3 is 10.2 Å². The third-order valence-electron chi connectivity index (χ3n) is 2.44. The van der Waals surface area contributed by atoms with E-state index in [1.807, 2.05) is 18.2 Å². The Morgan fingerprint density at radius 3 is 2.88 bits per heavy atom. The van der Waals surface area contributed by atoms with Gasteiger partial charge in [-0.1, -0.05) is 6.07 Å². The topological polar surface area (TPSA) is 69.3 Å². The lowest BCUT2D eigenvalue weighted by Crippen LogP contribution is -2.04. The van der Waals surface area contributed by atoms with Crippen LogP contribution in [0.15, 0.2) is 34.7 Å². The number of pyridine rings is 1. The normalized spacial score (nSPS) is 11.2. The molecule has 0 bridgehead atoms. The molecule has 17 heavy (non-hydrogen) atoms. The monoisotopic (exact) mass is 248 g/mol. The second-order valence-electron chi connectivity index (χ2n) is 3.53. The van der Waals surface area contributed by atoms with E-state index in [1.165, 1.54) is 0 Å². The number of nitrogens with two attached hydrogens (primary N) is 1. The molecule has 0 aliphatic carbocycles. The molecule has 0 saturated heterocycles. The van der Waals surface area contributed by atoms with E-state index in [-0.39, 0.29) is 0 Å². The van der Waals surface area contributed by atoms with Crippen LogP contribution in [0.5, 0.6) is 0 Å². The molecule has 3 heterocycles. The lowest BCUT2D eigenvalue weighted by Gasteiger charge is -1.98. The van der Waals surface area contributed by atoms with Gasteiger partial charge in [0.05, 0.1) is 5.69 Å². The predicted octanol–water partition coefficient (Wildman–Crippen LogP) is 2.10. The molecule has 3 rings (SSSR count). The highest BCUT2D eigenvalue weighted by atomic mass is 35.5. The van der Waals surface area contributed by atoms with Gasteiger partial charge in [0.2, 0.25) is 5.82 Å². The zero-order valence-electron chi connectivity index (χ0n) is 8.80. The van der Waals surface area contributed by atoms with Crippen LogP contribution >= 0.6 is 11.6 Å². The Labute approximate surface area is 102 Å². The second-order valence-corrected chi connectivity index (χ2v) is 3.90. The molecule has 2 N–H and O–H groups in total. The van der Waals surface area contributed by atoms with Crippen molar-refractivity contribution in [3.8, 4) is 11.6 Å². The molecule has 0 aliphatic heterocycles. The Bertz CT molecular complexity index is 673. The second kappa shape index (κ2) is 3.87. The molecular formula is C11H9ClN4O. The van der Waals surface area contributed by atoms with Crippen LogP contribution in [0, 0.1) is 0 Å². The highest BCUT2D eigenvalue weighted by Gasteiger charge is 2.11. The minimum Gasteiger partial charge on any atom is -0.441 e. The summed E-state index contributed by atoms with van der Waals surface area (Å²) in [5.74, 6) is 1.04. The Morgan fingerprint density at radius 2 is 2.18 bits per heavy atom. The first kappa shape index (κ1) is 10.3. The summed E-state index contributed by atoms with van der Waals surface area (Å²) in [7, 11) is 0. The maximum atomic E-state index is 5.72. The molecule has 0 radical (unpaired) electrons. The molecule has 0 saturated carbocycles. The van der Waals surface area contributed by atoms with Crippen LogP contribution in [0.25, 0.3) is 17.2 Å². The molecule has 6 heteroatoms. The quantitative estimate of drug-likeness (QED) is 0.754. The Hall–Kier alpha value is -1.85. The van der Waals surface area contributed by atoms with Crippen LogP contribution in [0.1, 0.15) is 5.69 Å². The first-order chi connectivity index (χ1) is 8.28. The summed E-state index contributed by atoms with van der Waals surface area (Å²) in [5.41, 5.74) is 7.25.